The van der Waals surface area contributed by atoms with E-state index in [4.69, 9.17) is 4.74 Å². The number of para-hydroxylation sites is 1. The van der Waals surface area contributed by atoms with Crippen molar-refractivity contribution in [2.45, 2.75) is 13.5 Å². The molecule has 4 aromatic rings. The first kappa shape index (κ1) is 18.1. The first-order chi connectivity index (χ1) is 13.5. The Labute approximate surface area is 162 Å². The number of hydrogen-bond donors (Lipinski definition) is 0. The van der Waals surface area contributed by atoms with E-state index in [1.54, 1.807) is 29.3 Å². The zero-order valence-electron chi connectivity index (χ0n) is 16.4. The van der Waals surface area contributed by atoms with Crippen LogP contribution in [-0.4, -0.2) is 56.8 Å². The predicted molar refractivity (Wildman–Crippen MR) is 108 cm³/mol. The monoisotopic (exact) mass is 378 g/mol. The summed E-state index contributed by atoms with van der Waals surface area (Å²) in [6.45, 7) is 3.15. The lowest BCUT2D eigenvalue weighted by molar-refractivity contribution is 0.381. The molecule has 0 saturated heterocycles. The molecular weight excluding hydrogens is 356 g/mol. The van der Waals surface area contributed by atoms with Crippen molar-refractivity contribution >= 4 is 16.7 Å². The van der Waals surface area contributed by atoms with Crippen LogP contribution in [0.25, 0.3) is 27.9 Å². The molecule has 0 aliphatic heterocycles. The first-order valence-electron chi connectivity index (χ1n) is 9.04. The number of fused-ring (bicyclic) bond motifs is 2. The maximum absolute atomic E-state index is 13.4. The minimum atomic E-state index is -0.109. The fourth-order valence-electron chi connectivity index (χ4n) is 3.29. The summed E-state index contributed by atoms with van der Waals surface area (Å²) in [5.41, 5.74) is 1.90. The van der Waals surface area contributed by atoms with Gasteiger partial charge in [-0.25, -0.2) is 4.98 Å². The van der Waals surface area contributed by atoms with Crippen LogP contribution < -0.4 is 10.3 Å². The molecule has 0 fully saturated rings. The van der Waals surface area contributed by atoms with Gasteiger partial charge < -0.3 is 14.2 Å². The zero-order valence-corrected chi connectivity index (χ0v) is 16.4. The second-order valence-corrected chi connectivity index (χ2v) is 6.91. The van der Waals surface area contributed by atoms with Crippen molar-refractivity contribution in [3.8, 4) is 17.0 Å². The van der Waals surface area contributed by atoms with E-state index >= 15 is 0 Å². The van der Waals surface area contributed by atoms with Crippen molar-refractivity contribution in [1.82, 2.24) is 29.0 Å². The predicted octanol–water partition coefficient (Wildman–Crippen LogP) is 1.98. The molecule has 8 nitrogen and oxygen atoms in total. The maximum Gasteiger partial charge on any atom is 0.262 e. The zero-order chi connectivity index (χ0) is 19.8. The standard InChI is InChI=1S/C20H22N6O2/c1-13-21-20-22-15-9-10-25(12-11-24(2)3)19(27)17(15)18(26(20)23-13)14-7-5-6-8-16(14)28-4/h5-10H,11-12H2,1-4H3. The Hall–Kier alpha value is -3.26. The van der Waals surface area contributed by atoms with Crippen LogP contribution in [0, 0.1) is 6.92 Å². The number of aryl methyl sites for hydroxylation is 1. The van der Waals surface area contributed by atoms with Crippen LogP contribution >= 0.6 is 0 Å². The van der Waals surface area contributed by atoms with Crippen LogP contribution in [0.2, 0.25) is 0 Å². The molecule has 0 amide bonds. The van der Waals surface area contributed by atoms with Crippen LogP contribution in [0.4, 0.5) is 0 Å². The van der Waals surface area contributed by atoms with Crippen molar-refractivity contribution in [3.63, 3.8) is 0 Å². The summed E-state index contributed by atoms with van der Waals surface area (Å²) in [6, 6.07) is 9.44. The highest BCUT2D eigenvalue weighted by Crippen LogP contribution is 2.33. The molecular formula is C20H22N6O2. The van der Waals surface area contributed by atoms with Crippen LogP contribution in [0.3, 0.4) is 0 Å². The second kappa shape index (κ2) is 7.05. The molecule has 0 saturated carbocycles. The van der Waals surface area contributed by atoms with Gasteiger partial charge in [0.1, 0.15) is 11.6 Å². The summed E-state index contributed by atoms with van der Waals surface area (Å²) >= 11 is 0. The summed E-state index contributed by atoms with van der Waals surface area (Å²) in [4.78, 5) is 24.4. The van der Waals surface area contributed by atoms with E-state index in [1.165, 1.54) is 0 Å². The Morgan fingerprint density at radius 3 is 2.68 bits per heavy atom. The number of pyridine rings is 1. The topological polar surface area (TPSA) is 77.5 Å². The third-order valence-corrected chi connectivity index (χ3v) is 4.66. The highest BCUT2D eigenvalue weighted by molar-refractivity contribution is 5.94. The number of benzene rings is 1. The number of aromatic nitrogens is 5. The van der Waals surface area contributed by atoms with E-state index in [2.05, 4.69) is 15.1 Å². The van der Waals surface area contributed by atoms with Crippen LogP contribution in [0.1, 0.15) is 5.82 Å². The third-order valence-electron chi connectivity index (χ3n) is 4.66. The van der Waals surface area contributed by atoms with Crippen molar-refractivity contribution in [3.05, 3.63) is 52.7 Å². The van der Waals surface area contributed by atoms with E-state index in [-0.39, 0.29) is 5.56 Å². The highest BCUT2D eigenvalue weighted by Gasteiger charge is 2.20. The van der Waals surface area contributed by atoms with Gasteiger partial charge in [-0.05, 0) is 39.2 Å². The van der Waals surface area contributed by atoms with Crippen LogP contribution in [-0.2, 0) is 6.54 Å². The van der Waals surface area contributed by atoms with Gasteiger partial charge in [-0.15, -0.1) is 5.10 Å². The average molecular weight is 378 g/mol. The van der Waals surface area contributed by atoms with E-state index in [0.717, 1.165) is 12.1 Å². The Bertz CT molecular complexity index is 1220. The number of ether oxygens (including phenoxy) is 1. The van der Waals surface area contributed by atoms with Crippen molar-refractivity contribution in [1.29, 1.82) is 0 Å². The number of likely N-dealkylation sites (N-methyl/N-ethyl adjacent to an activating group) is 1. The lowest BCUT2D eigenvalue weighted by Gasteiger charge is -2.15. The van der Waals surface area contributed by atoms with Gasteiger partial charge in [0.15, 0.2) is 0 Å². The van der Waals surface area contributed by atoms with Gasteiger partial charge in [0.2, 0.25) is 0 Å². The van der Waals surface area contributed by atoms with Crippen molar-refractivity contribution in [2.75, 3.05) is 27.7 Å². The van der Waals surface area contributed by atoms with Crippen LogP contribution in [0.15, 0.2) is 41.3 Å². The Kier molecular flexibility index (Phi) is 4.56. The molecule has 0 spiro atoms. The molecule has 0 N–H and O–H groups in total. The Morgan fingerprint density at radius 2 is 1.93 bits per heavy atom. The molecule has 28 heavy (non-hydrogen) atoms. The second-order valence-electron chi connectivity index (χ2n) is 6.91. The van der Waals surface area contributed by atoms with E-state index < -0.39 is 0 Å². The van der Waals surface area contributed by atoms with Gasteiger partial charge in [-0.3, -0.25) is 4.79 Å². The minimum Gasteiger partial charge on any atom is -0.496 e. The Morgan fingerprint density at radius 1 is 1.14 bits per heavy atom. The lowest BCUT2D eigenvalue weighted by Crippen LogP contribution is -2.27. The van der Waals surface area contributed by atoms with Gasteiger partial charge in [-0.1, -0.05) is 12.1 Å². The molecule has 3 heterocycles. The molecule has 4 rings (SSSR count). The van der Waals surface area contributed by atoms with Gasteiger partial charge in [0.25, 0.3) is 11.3 Å². The van der Waals surface area contributed by atoms with Crippen molar-refractivity contribution in [2.24, 2.45) is 0 Å². The summed E-state index contributed by atoms with van der Waals surface area (Å²) < 4.78 is 8.90. The number of nitrogens with zero attached hydrogens (tertiary/aromatic N) is 6. The quantitative estimate of drug-likeness (QED) is 0.529. The fraction of sp³-hybridized carbons (Fsp3) is 0.300. The average Bonchev–Trinajstić information content (AvgIpc) is 3.05. The summed E-state index contributed by atoms with van der Waals surface area (Å²) in [5.74, 6) is 1.70. The molecule has 0 aliphatic carbocycles. The summed E-state index contributed by atoms with van der Waals surface area (Å²) in [7, 11) is 5.58. The molecule has 0 unspecified atom stereocenters. The normalized spacial score (nSPS) is 11.6. The fourth-order valence-corrected chi connectivity index (χ4v) is 3.29. The SMILES string of the molecule is COc1ccccc1-c1c2c(=O)n(CCN(C)C)ccc2nc2nc(C)nn12. The molecule has 3 aromatic heterocycles. The lowest BCUT2D eigenvalue weighted by atomic mass is 10.1. The largest absolute Gasteiger partial charge is 0.496 e. The van der Waals surface area contributed by atoms with E-state index in [9.17, 15) is 4.79 Å². The van der Waals surface area contributed by atoms with Crippen LogP contribution in [0.5, 0.6) is 5.75 Å². The number of hydrogen-bond acceptors (Lipinski definition) is 6. The number of methoxy groups -OCH3 is 1. The molecule has 8 heteroatoms. The van der Waals surface area contributed by atoms with Gasteiger partial charge in [-0.2, -0.15) is 9.50 Å². The smallest absolute Gasteiger partial charge is 0.262 e. The van der Waals surface area contributed by atoms with Crippen molar-refractivity contribution < 1.29 is 4.74 Å². The van der Waals surface area contributed by atoms with Gasteiger partial charge >= 0.3 is 0 Å². The summed E-state index contributed by atoms with van der Waals surface area (Å²) in [5, 5.41) is 4.99. The molecule has 0 bridgehead atoms. The molecule has 1 aromatic carbocycles. The summed E-state index contributed by atoms with van der Waals surface area (Å²) in [6.07, 6.45) is 1.78. The van der Waals surface area contributed by atoms with Gasteiger partial charge in [0.05, 0.1) is 23.7 Å². The third kappa shape index (κ3) is 3.01. The molecule has 0 atom stereocenters. The van der Waals surface area contributed by atoms with Gasteiger partial charge in [0, 0.05) is 24.8 Å². The first-order valence-corrected chi connectivity index (χ1v) is 9.04. The molecule has 0 radical (unpaired) electrons. The van der Waals surface area contributed by atoms with E-state index in [0.29, 0.717) is 40.5 Å². The molecule has 0 aliphatic rings. The minimum absolute atomic E-state index is 0.109. The Balaban J connectivity index is 2.10. The van der Waals surface area contributed by atoms with E-state index in [1.807, 2.05) is 49.3 Å². The highest BCUT2D eigenvalue weighted by atomic mass is 16.5. The maximum atomic E-state index is 13.4. The number of rotatable bonds is 5. The molecule has 144 valence electrons.